The van der Waals surface area contributed by atoms with Crippen LogP contribution in [-0.2, 0) is 11.2 Å². The molecule has 6 heteroatoms. The lowest BCUT2D eigenvalue weighted by molar-refractivity contribution is 0.0760. The summed E-state index contributed by atoms with van der Waals surface area (Å²) in [6.45, 7) is 6.15. The highest BCUT2D eigenvalue weighted by Crippen LogP contribution is 2.12. The van der Waals surface area contributed by atoms with E-state index in [1.54, 1.807) is 0 Å². The van der Waals surface area contributed by atoms with Gasteiger partial charge in [0.2, 0.25) is 0 Å². The molecule has 0 unspecified atom stereocenters. The van der Waals surface area contributed by atoms with Crippen molar-refractivity contribution in [3.8, 4) is 0 Å². The van der Waals surface area contributed by atoms with Crippen molar-refractivity contribution in [2.45, 2.75) is 31.7 Å². The topological polar surface area (TPSA) is 44.8 Å². The van der Waals surface area contributed by atoms with E-state index in [0.717, 1.165) is 76.6 Å². The van der Waals surface area contributed by atoms with Crippen molar-refractivity contribution >= 4 is 17.6 Å². The van der Waals surface area contributed by atoms with Crippen molar-refractivity contribution in [2.24, 2.45) is 0 Å². The van der Waals surface area contributed by atoms with Gasteiger partial charge >= 0.3 is 6.03 Å². The van der Waals surface area contributed by atoms with E-state index in [-0.39, 0.29) is 12.1 Å². The van der Waals surface area contributed by atoms with Crippen LogP contribution in [0, 0.1) is 0 Å². The highest BCUT2D eigenvalue weighted by molar-refractivity contribution is 6.30. The van der Waals surface area contributed by atoms with Gasteiger partial charge in [0.05, 0.1) is 0 Å². The Hall–Kier alpha value is -1.30. The summed E-state index contributed by atoms with van der Waals surface area (Å²) in [4.78, 5) is 16.7. The molecule has 3 rings (SSSR count). The Balaban J connectivity index is 1.32. The average Bonchev–Trinajstić information content (AvgIpc) is 2.65. The Bertz CT molecular complexity index is 538. The van der Waals surface area contributed by atoms with Crippen molar-refractivity contribution in [1.29, 1.82) is 0 Å². The van der Waals surface area contributed by atoms with E-state index in [2.05, 4.69) is 22.3 Å². The maximum atomic E-state index is 12.3. The van der Waals surface area contributed by atoms with Crippen LogP contribution in [0.1, 0.15) is 24.8 Å². The smallest absolute Gasteiger partial charge is 0.317 e. The van der Waals surface area contributed by atoms with Crippen LogP contribution in [0.4, 0.5) is 4.79 Å². The fraction of sp³-hybridized carbons (Fsp3) is 0.632. The summed E-state index contributed by atoms with van der Waals surface area (Å²) in [6.07, 6.45) is 4.06. The quantitative estimate of drug-likeness (QED) is 0.872. The lowest BCUT2D eigenvalue weighted by atomic mass is 10.1. The molecular formula is C19H28ClN3O2. The number of hydrogen-bond donors (Lipinski definition) is 1. The Morgan fingerprint density at radius 2 is 1.80 bits per heavy atom. The lowest BCUT2D eigenvalue weighted by Gasteiger charge is -2.36. The van der Waals surface area contributed by atoms with Gasteiger partial charge in [-0.3, -0.25) is 4.90 Å². The third-order valence-corrected chi connectivity index (χ3v) is 5.31. The van der Waals surface area contributed by atoms with Crippen LogP contribution in [0.2, 0.25) is 5.02 Å². The molecule has 0 radical (unpaired) electrons. The second kappa shape index (κ2) is 9.41. The molecule has 0 aliphatic carbocycles. The van der Waals surface area contributed by atoms with Crippen LogP contribution in [0.5, 0.6) is 0 Å². The summed E-state index contributed by atoms with van der Waals surface area (Å²) < 4.78 is 5.34. The number of carbonyl (C=O) groups excluding carboxylic acids is 1. The molecule has 0 aromatic heterocycles. The number of hydrogen-bond acceptors (Lipinski definition) is 3. The summed E-state index contributed by atoms with van der Waals surface area (Å²) in [5.41, 5.74) is 1.33. The minimum absolute atomic E-state index is 0.0905. The second-order valence-electron chi connectivity index (χ2n) is 6.89. The number of rotatable bonds is 5. The summed E-state index contributed by atoms with van der Waals surface area (Å²) in [5, 5.41) is 3.94. The third kappa shape index (κ3) is 5.87. The number of piperazine rings is 1. The van der Waals surface area contributed by atoms with Crippen molar-refractivity contribution in [2.75, 3.05) is 45.9 Å². The molecule has 138 valence electrons. The highest BCUT2D eigenvalue weighted by Gasteiger charge is 2.23. The fourth-order valence-corrected chi connectivity index (χ4v) is 3.57. The maximum absolute atomic E-state index is 12.3. The first-order valence-electron chi connectivity index (χ1n) is 9.31. The van der Waals surface area contributed by atoms with Crippen LogP contribution in [0.25, 0.3) is 0 Å². The zero-order valence-electron chi connectivity index (χ0n) is 14.8. The molecule has 2 heterocycles. The molecule has 2 amide bonds. The van der Waals surface area contributed by atoms with Gasteiger partial charge in [-0.15, -0.1) is 0 Å². The van der Waals surface area contributed by atoms with Crippen LogP contribution < -0.4 is 5.32 Å². The molecule has 1 N–H and O–H groups in total. The zero-order valence-corrected chi connectivity index (χ0v) is 15.5. The van der Waals surface area contributed by atoms with Gasteiger partial charge in [0.15, 0.2) is 0 Å². The van der Waals surface area contributed by atoms with Gasteiger partial charge in [0.1, 0.15) is 0 Å². The first-order chi connectivity index (χ1) is 12.2. The number of carbonyl (C=O) groups is 1. The summed E-state index contributed by atoms with van der Waals surface area (Å²) in [7, 11) is 0. The first-order valence-corrected chi connectivity index (χ1v) is 9.68. The number of benzene rings is 1. The van der Waals surface area contributed by atoms with Crippen LogP contribution >= 0.6 is 11.6 Å². The van der Waals surface area contributed by atoms with Crippen molar-refractivity contribution in [3.05, 3.63) is 34.9 Å². The number of ether oxygens (including phenoxy) is 1. The number of nitrogens with zero attached hydrogens (tertiary/aromatic N) is 2. The van der Waals surface area contributed by atoms with E-state index in [1.807, 2.05) is 17.0 Å². The Morgan fingerprint density at radius 3 is 2.48 bits per heavy atom. The maximum Gasteiger partial charge on any atom is 0.317 e. The van der Waals surface area contributed by atoms with Gasteiger partial charge < -0.3 is 15.0 Å². The van der Waals surface area contributed by atoms with Crippen molar-refractivity contribution < 1.29 is 9.53 Å². The van der Waals surface area contributed by atoms with Crippen molar-refractivity contribution in [3.63, 3.8) is 0 Å². The SMILES string of the molecule is O=C(NC1CCOCC1)N1CCN(CCCc2ccc(Cl)cc2)CC1. The number of halogens is 1. The normalized spacial score (nSPS) is 19.8. The standard InChI is InChI=1S/C19H28ClN3O2/c20-17-5-3-16(4-6-17)2-1-9-22-10-12-23(13-11-22)19(24)21-18-7-14-25-15-8-18/h3-6,18H,1-2,7-15H2,(H,21,24). The predicted molar refractivity (Wildman–Crippen MR) is 100 cm³/mol. The van der Waals surface area contributed by atoms with Gasteiger partial charge in [-0.05, 0) is 49.9 Å². The number of nitrogens with one attached hydrogen (secondary N) is 1. The Kier molecular flexibility index (Phi) is 6.96. The third-order valence-electron chi connectivity index (χ3n) is 5.06. The minimum atomic E-state index is 0.0905. The molecule has 2 aliphatic heterocycles. The Labute approximate surface area is 155 Å². The average molecular weight is 366 g/mol. The van der Waals surface area contributed by atoms with E-state index in [1.165, 1.54) is 5.56 Å². The van der Waals surface area contributed by atoms with Crippen LogP contribution in [0.15, 0.2) is 24.3 Å². The summed E-state index contributed by atoms with van der Waals surface area (Å²) in [5.74, 6) is 0. The van der Waals surface area contributed by atoms with E-state index in [4.69, 9.17) is 16.3 Å². The molecule has 1 aromatic carbocycles. The molecule has 25 heavy (non-hydrogen) atoms. The van der Waals surface area contributed by atoms with Gasteiger partial charge in [-0.1, -0.05) is 23.7 Å². The Morgan fingerprint density at radius 1 is 1.12 bits per heavy atom. The van der Waals surface area contributed by atoms with Gasteiger partial charge in [0, 0.05) is 50.5 Å². The molecule has 0 bridgehead atoms. The highest BCUT2D eigenvalue weighted by atomic mass is 35.5. The predicted octanol–water partition coefficient (Wildman–Crippen LogP) is 2.78. The van der Waals surface area contributed by atoms with E-state index in [0.29, 0.717) is 0 Å². The summed E-state index contributed by atoms with van der Waals surface area (Å²) in [6, 6.07) is 8.47. The minimum Gasteiger partial charge on any atom is -0.381 e. The number of urea groups is 1. The zero-order chi connectivity index (χ0) is 17.5. The fourth-order valence-electron chi connectivity index (χ4n) is 3.44. The van der Waals surface area contributed by atoms with Crippen molar-refractivity contribution in [1.82, 2.24) is 15.1 Å². The van der Waals surface area contributed by atoms with E-state index >= 15 is 0 Å². The molecule has 5 nitrogen and oxygen atoms in total. The molecular weight excluding hydrogens is 338 g/mol. The monoisotopic (exact) mass is 365 g/mol. The molecule has 1 aromatic rings. The van der Waals surface area contributed by atoms with Crippen LogP contribution in [-0.4, -0.2) is 67.8 Å². The molecule has 0 spiro atoms. The van der Waals surface area contributed by atoms with Gasteiger partial charge in [-0.25, -0.2) is 4.79 Å². The molecule has 2 fully saturated rings. The molecule has 0 saturated carbocycles. The van der Waals surface area contributed by atoms with E-state index < -0.39 is 0 Å². The van der Waals surface area contributed by atoms with Gasteiger partial charge in [0.25, 0.3) is 0 Å². The van der Waals surface area contributed by atoms with Crippen LogP contribution in [0.3, 0.4) is 0 Å². The lowest BCUT2D eigenvalue weighted by Crippen LogP contribution is -2.54. The second-order valence-corrected chi connectivity index (χ2v) is 7.33. The summed E-state index contributed by atoms with van der Waals surface area (Å²) >= 11 is 5.92. The molecule has 2 aliphatic rings. The largest absolute Gasteiger partial charge is 0.381 e. The first kappa shape index (κ1) is 18.5. The number of amides is 2. The van der Waals surface area contributed by atoms with Gasteiger partial charge in [-0.2, -0.15) is 0 Å². The number of aryl methyl sites for hydroxylation is 1. The van der Waals surface area contributed by atoms with E-state index in [9.17, 15) is 4.79 Å². The molecule has 2 saturated heterocycles. The molecule has 0 atom stereocenters.